The molecule has 0 radical (unpaired) electrons. The third kappa shape index (κ3) is 4.78. The van der Waals surface area contributed by atoms with Gasteiger partial charge < -0.3 is 9.88 Å². The molecule has 0 fully saturated rings. The van der Waals surface area contributed by atoms with Gasteiger partial charge in [-0.15, -0.1) is 0 Å². The highest BCUT2D eigenvalue weighted by Gasteiger charge is 2.32. The summed E-state index contributed by atoms with van der Waals surface area (Å²) in [4.78, 5) is 23.6. The Bertz CT molecular complexity index is 889. The fourth-order valence-electron chi connectivity index (χ4n) is 2.00. The van der Waals surface area contributed by atoms with Gasteiger partial charge in [-0.1, -0.05) is 17.7 Å². The molecule has 11 heteroatoms. The van der Waals surface area contributed by atoms with Crippen LogP contribution in [0.1, 0.15) is 11.1 Å². The molecule has 0 aliphatic rings. The van der Waals surface area contributed by atoms with E-state index in [0.29, 0.717) is 22.9 Å². The van der Waals surface area contributed by atoms with Crippen molar-refractivity contribution in [2.45, 2.75) is 18.9 Å². The van der Waals surface area contributed by atoms with Crippen molar-refractivity contribution in [3.8, 4) is 0 Å². The average molecular weight is 399 g/mol. The lowest BCUT2D eigenvalue weighted by atomic mass is 10.2. The monoisotopic (exact) mass is 398 g/mol. The first-order chi connectivity index (χ1) is 11.9. The molecule has 0 spiro atoms. The molecule has 2 rings (SSSR count). The Balaban J connectivity index is 2.24. The molecule has 0 atom stereocenters. The molecule has 1 aromatic carbocycles. The quantitative estimate of drug-likeness (QED) is 0.789. The Hall–Kier alpha value is -2.49. The van der Waals surface area contributed by atoms with E-state index in [1.807, 2.05) is 0 Å². The van der Waals surface area contributed by atoms with Crippen molar-refractivity contribution < 1.29 is 31.1 Å². The van der Waals surface area contributed by atoms with Crippen LogP contribution in [-0.2, 0) is 23.7 Å². The first-order valence-electron chi connectivity index (χ1n) is 6.82. The summed E-state index contributed by atoms with van der Waals surface area (Å²) < 4.78 is 76.5. The van der Waals surface area contributed by atoms with Crippen molar-refractivity contribution in [3.63, 3.8) is 0 Å². The maximum absolute atomic E-state index is 12.7. The minimum atomic E-state index is -4.80. The second kappa shape index (κ2) is 7.02. The molecule has 2 aromatic rings. The molecule has 0 bridgehead atoms. The summed E-state index contributed by atoms with van der Waals surface area (Å²) in [5.41, 5.74) is -3.53. The highest BCUT2D eigenvalue weighted by molar-refractivity contribution is 6.30. The summed E-state index contributed by atoms with van der Waals surface area (Å²) in [7, 11) is 0. The Morgan fingerprint density at radius 3 is 2.23 bits per heavy atom. The molecule has 0 saturated carbocycles. The number of anilines is 1. The molecule has 0 aliphatic carbocycles. The Morgan fingerprint density at radius 1 is 1.04 bits per heavy atom. The number of nitrogens with zero attached hydrogens (tertiary/aromatic N) is 1. The zero-order chi connectivity index (χ0) is 19.7. The van der Waals surface area contributed by atoms with E-state index in [1.54, 1.807) is 0 Å². The van der Waals surface area contributed by atoms with Gasteiger partial charge in [0.2, 0.25) is 5.91 Å². The number of rotatable bonds is 3. The first kappa shape index (κ1) is 19.8. The zero-order valence-electron chi connectivity index (χ0n) is 12.6. The second-order valence-electron chi connectivity index (χ2n) is 5.13. The molecule has 4 nitrogen and oxygen atoms in total. The molecule has 0 unspecified atom stereocenters. The molecule has 1 heterocycles. The standard InChI is InChI=1S/C15H9ClF6N2O2/c16-11-5-9(15(20,21)22)6-24(13(11)26)7-12(25)23-10-3-1-2-8(4-10)14(17,18)19/h1-6H,7H2,(H,23,25). The van der Waals surface area contributed by atoms with Crippen LogP contribution in [0.25, 0.3) is 0 Å². The number of benzene rings is 1. The van der Waals surface area contributed by atoms with E-state index < -0.39 is 46.5 Å². The lowest BCUT2D eigenvalue weighted by Gasteiger charge is -2.13. The van der Waals surface area contributed by atoms with Gasteiger partial charge in [0.25, 0.3) is 5.56 Å². The highest BCUT2D eigenvalue weighted by Crippen LogP contribution is 2.31. The van der Waals surface area contributed by atoms with Gasteiger partial charge >= 0.3 is 12.4 Å². The first-order valence-corrected chi connectivity index (χ1v) is 7.20. The summed E-state index contributed by atoms with van der Waals surface area (Å²) >= 11 is 5.45. The van der Waals surface area contributed by atoms with E-state index in [4.69, 9.17) is 11.6 Å². The lowest BCUT2D eigenvalue weighted by Crippen LogP contribution is -2.29. The number of halogens is 7. The van der Waals surface area contributed by atoms with Gasteiger partial charge in [0.05, 0.1) is 11.1 Å². The van der Waals surface area contributed by atoms with E-state index >= 15 is 0 Å². The topological polar surface area (TPSA) is 51.1 Å². The van der Waals surface area contributed by atoms with Crippen molar-refractivity contribution in [2.24, 2.45) is 0 Å². The molecule has 0 saturated heterocycles. The number of aromatic nitrogens is 1. The molecule has 140 valence electrons. The third-order valence-electron chi connectivity index (χ3n) is 3.16. The molecule has 1 aromatic heterocycles. The van der Waals surface area contributed by atoms with Crippen LogP contribution in [0.3, 0.4) is 0 Å². The lowest BCUT2D eigenvalue weighted by molar-refractivity contribution is -0.138. The third-order valence-corrected chi connectivity index (χ3v) is 3.43. The van der Waals surface area contributed by atoms with Crippen molar-refractivity contribution in [2.75, 3.05) is 5.32 Å². The fraction of sp³-hybridized carbons (Fsp3) is 0.200. The van der Waals surface area contributed by atoms with Crippen LogP contribution in [0.5, 0.6) is 0 Å². The normalized spacial score (nSPS) is 12.1. The van der Waals surface area contributed by atoms with Gasteiger partial charge in [-0.05, 0) is 24.3 Å². The Labute approximate surface area is 147 Å². The zero-order valence-corrected chi connectivity index (χ0v) is 13.3. The van der Waals surface area contributed by atoms with E-state index in [0.717, 1.165) is 18.2 Å². The van der Waals surface area contributed by atoms with Crippen LogP contribution in [0.15, 0.2) is 41.3 Å². The van der Waals surface area contributed by atoms with Gasteiger partial charge in [-0.2, -0.15) is 26.3 Å². The van der Waals surface area contributed by atoms with Crippen LogP contribution in [0, 0.1) is 0 Å². The predicted molar refractivity (Wildman–Crippen MR) is 80.8 cm³/mol. The SMILES string of the molecule is O=C(Cn1cc(C(F)(F)F)cc(Cl)c1=O)Nc1cccc(C(F)(F)F)c1. The molecule has 26 heavy (non-hydrogen) atoms. The van der Waals surface area contributed by atoms with Gasteiger partial charge in [0.1, 0.15) is 11.6 Å². The largest absolute Gasteiger partial charge is 0.417 e. The van der Waals surface area contributed by atoms with Crippen LogP contribution < -0.4 is 10.9 Å². The maximum Gasteiger partial charge on any atom is 0.417 e. The summed E-state index contributed by atoms with van der Waals surface area (Å²) in [6.45, 7) is -0.862. The number of amides is 1. The highest BCUT2D eigenvalue weighted by atomic mass is 35.5. The minimum Gasteiger partial charge on any atom is -0.325 e. The fourth-order valence-corrected chi connectivity index (χ4v) is 2.23. The van der Waals surface area contributed by atoms with Crippen LogP contribution >= 0.6 is 11.6 Å². The van der Waals surface area contributed by atoms with E-state index in [-0.39, 0.29) is 5.69 Å². The molecule has 1 amide bonds. The summed E-state index contributed by atoms with van der Waals surface area (Å²) in [6.07, 6.45) is -9.03. The van der Waals surface area contributed by atoms with Gasteiger partial charge in [0, 0.05) is 11.9 Å². The molecule has 0 aliphatic heterocycles. The van der Waals surface area contributed by atoms with Crippen LogP contribution in [0.2, 0.25) is 5.02 Å². The smallest absolute Gasteiger partial charge is 0.325 e. The van der Waals surface area contributed by atoms with Crippen LogP contribution in [0.4, 0.5) is 32.0 Å². The summed E-state index contributed by atoms with van der Waals surface area (Å²) in [5.74, 6) is -0.998. The van der Waals surface area contributed by atoms with Crippen molar-refractivity contribution in [3.05, 3.63) is 63.0 Å². The molecular weight excluding hydrogens is 390 g/mol. The van der Waals surface area contributed by atoms with Crippen LogP contribution in [-0.4, -0.2) is 10.5 Å². The molecular formula is C15H9ClF6N2O2. The van der Waals surface area contributed by atoms with Crippen molar-refractivity contribution in [1.29, 1.82) is 0 Å². The Morgan fingerprint density at radius 2 is 1.65 bits per heavy atom. The van der Waals surface area contributed by atoms with Gasteiger partial charge in [0.15, 0.2) is 0 Å². The van der Waals surface area contributed by atoms with E-state index in [9.17, 15) is 35.9 Å². The number of hydrogen-bond donors (Lipinski definition) is 1. The summed E-state index contributed by atoms with van der Waals surface area (Å²) in [5, 5.41) is 1.34. The predicted octanol–water partition coefficient (Wildman–Crippen LogP) is 4.18. The van der Waals surface area contributed by atoms with Crippen molar-refractivity contribution in [1.82, 2.24) is 4.57 Å². The maximum atomic E-state index is 12.7. The summed E-state index contributed by atoms with van der Waals surface area (Å²) in [6, 6.07) is 4.07. The molecule has 1 N–H and O–H groups in total. The number of pyridine rings is 1. The van der Waals surface area contributed by atoms with E-state index in [1.165, 1.54) is 0 Å². The Kier molecular flexibility index (Phi) is 5.36. The number of hydrogen-bond acceptors (Lipinski definition) is 2. The number of carbonyl (C=O) groups is 1. The number of carbonyl (C=O) groups excluding carboxylic acids is 1. The van der Waals surface area contributed by atoms with E-state index in [2.05, 4.69) is 5.32 Å². The van der Waals surface area contributed by atoms with Gasteiger partial charge in [-0.3, -0.25) is 9.59 Å². The second-order valence-corrected chi connectivity index (χ2v) is 5.54. The average Bonchev–Trinajstić information content (AvgIpc) is 2.50. The number of nitrogens with one attached hydrogen (secondary N) is 1. The minimum absolute atomic E-state index is 0.226. The number of alkyl halides is 6. The van der Waals surface area contributed by atoms with Crippen molar-refractivity contribution >= 4 is 23.2 Å². The van der Waals surface area contributed by atoms with Gasteiger partial charge in [-0.25, -0.2) is 0 Å².